The summed E-state index contributed by atoms with van der Waals surface area (Å²) >= 11 is 0. The second-order valence-corrected chi connectivity index (χ2v) is 5.07. The number of nitrogens with two attached hydrogens (primary N) is 1. The molecule has 1 heterocycles. The monoisotopic (exact) mass is 248 g/mol. The maximum atomic E-state index is 12.8. The zero-order valence-corrected chi connectivity index (χ0v) is 8.99. The van der Waals surface area contributed by atoms with Crippen LogP contribution in [0.4, 0.5) is 8.78 Å². The van der Waals surface area contributed by atoms with Crippen molar-refractivity contribution in [2.24, 2.45) is 5.14 Å². The number of benzene rings is 1. The molecule has 0 saturated heterocycles. The van der Waals surface area contributed by atoms with Crippen molar-refractivity contribution in [3.8, 4) is 0 Å². The van der Waals surface area contributed by atoms with Gasteiger partial charge in [0.25, 0.3) is 16.6 Å². The molecule has 1 atom stereocenters. The van der Waals surface area contributed by atoms with Gasteiger partial charge in [-0.1, -0.05) is 24.3 Å². The molecule has 0 fully saturated rings. The number of nitrogens with zero attached hydrogens (tertiary/aromatic N) is 1. The third-order valence-electron chi connectivity index (χ3n) is 2.58. The minimum absolute atomic E-state index is 0.0932. The lowest BCUT2D eigenvalue weighted by atomic mass is 10.1. The summed E-state index contributed by atoms with van der Waals surface area (Å²) in [6.45, 7) is -0.0932. The molecule has 7 heteroatoms. The van der Waals surface area contributed by atoms with E-state index < -0.39 is 22.7 Å². The first kappa shape index (κ1) is 11.4. The molecule has 0 spiro atoms. The second-order valence-electron chi connectivity index (χ2n) is 3.57. The van der Waals surface area contributed by atoms with E-state index in [0.29, 0.717) is 15.4 Å². The molecule has 0 aromatic heterocycles. The number of hydrogen-bond acceptors (Lipinski definition) is 2. The van der Waals surface area contributed by atoms with Gasteiger partial charge >= 0.3 is 0 Å². The summed E-state index contributed by atoms with van der Waals surface area (Å²) in [5.74, 6) is 0. The number of rotatable bonds is 2. The van der Waals surface area contributed by atoms with E-state index in [1.165, 1.54) is 6.07 Å². The molecule has 2 rings (SSSR count). The third kappa shape index (κ3) is 1.81. The molecule has 1 unspecified atom stereocenters. The molecule has 0 radical (unpaired) electrons. The van der Waals surface area contributed by atoms with Gasteiger partial charge in [-0.2, -0.15) is 12.7 Å². The summed E-state index contributed by atoms with van der Waals surface area (Å²) in [6.07, 6.45) is -2.79. The van der Waals surface area contributed by atoms with E-state index in [-0.39, 0.29) is 6.54 Å². The summed E-state index contributed by atoms with van der Waals surface area (Å²) < 4.78 is 48.7. The SMILES string of the molecule is NS(=O)(=O)N1Cc2ccccc2C1C(F)F. The van der Waals surface area contributed by atoms with Crippen LogP contribution < -0.4 is 5.14 Å². The second kappa shape index (κ2) is 3.76. The van der Waals surface area contributed by atoms with E-state index in [0.717, 1.165) is 0 Å². The first-order chi connectivity index (χ1) is 7.41. The zero-order chi connectivity index (χ0) is 11.9. The Morgan fingerprint density at radius 1 is 1.38 bits per heavy atom. The van der Waals surface area contributed by atoms with Gasteiger partial charge in [0.2, 0.25) is 0 Å². The van der Waals surface area contributed by atoms with Crippen molar-refractivity contribution < 1.29 is 17.2 Å². The topological polar surface area (TPSA) is 63.4 Å². The van der Waals surface area contributed by atoms with Crippen molar-refractivity contribution >= 4 is 10.2 Å². The van der Waals surface area contributed by atoms with E-state index in [9.17, 15) is 17.2 Å². The highest BCUT2D eigenvalue weighted by molar-refractivity contribution is 7.86. The lowest BCUT2D eigenvalue weighted by Gasteiger charge is -2.21. The lowest BCUT2D eigenvalue weighted by Crippen LogP contribution is -2.37. The molecule has 0 saturated carbocycles. The van der Waals surface area contributed by atoms with Gasteiger partial charge in [-0.3, -0.25) is 0 Å². The Hall–Kier alpha value is -1.05. The van der Waals surface area contributed by atoms with Crippen LogP contribution in [0.25, 0.3) is 0 Å². The standard InChI is InChI=1S/C9H10F2N2O2S/c10-9(11)8-7-4-2-1-3-6(7)5-13(8)16(12,14)15/h1-4,8-9H,5H2,(H2,12,14,15). The molecule has 1 aromatic rings. The fourth-order valence-corrected chi connectivity index (χ4v) is 2.74. The van der Waals surface area contributed by atoms with Crippen LogP contribution >= 0.6 is 0 Å². The number of alkyl halides is 2. The van der Waals surface area contributed by atoms with Crippen molar-refractivity contribution in [2.75, 3.05) is 0 Å². The fourth-order valence-electron chi connectivity index (χ4n) is 1.90. The van der Waals surface area contributed by atoms with E-state index >= 15 is 0 Å². The number of hydrogen-bond donors (Lipinski definition) is 1. The summed E-state index contributed by atoms with van der Waals surface area (Å²) in [4.78, 5) is 0. The van der Waals surface area contributed by atoms with E-state index in [2.05, 4.69) is 0 Å². The first-order valence-corrected chi connectivity index (χ1v) is 6.07. The van der Waals surface area contributed by atoms with Crippen LogP contribution in [0.15, 0.2) is 24.3 Å². The van der Waals surface area contributed by atoms with Gasteiger partial charge in [0, 0.05) is 6.54 Å². The number of halogens is 2. The predicted octanol–water partition coefficient (Wildman–Crippen LogP) is 1.01. The van der Waals surface area contributed by atoms with Gasteiger partial charge in [-0.25, -0.2) is 13.9 Å². The van der Waals surface area contributed by atoms with Gasteiger partial charge in [-0.05, 0) is 11.1 Å². The molecular formula is C9H10F2N2O2S. The van der Waals surface area contributed by atoms with Crippen LogP contribution in [0.1, 0.15) is 17.2 Å². The predicted molar refractivity (Wildman–Crippen MR) is 53.8 cm³/mol. The van der Waals surface area contributed by atoms with Crippen LogP contribution in [0.2, 0.25) is 0 Å². The van der Waals surface area contributed by atoms with E-state index in [1.54, 1.807) is 18.2 Å². The van der Waals surface area contributed by atoms with Crippen molar-refractivity contribution in [1.29, 1.82) is 0 Å². The van der Waals surface area contributed by atoms with Gasteiger partial charge in [0.05, 0.1) is 0 Å². The summed E-state index contributed by atoms with van der Waals surface area (Å²) in [5, 5.41) is 4.91. The molecule has 2 N–H and O–H groups in total. The maximum Gasteiger partial charge on any atom is 0.277 e. The normalized spacial score (nSPS) is 21.4. The van der Waals surface area contributed by atoms with Gasteiger partial charge in [0.15, 0.2) is 0 Å². The smallest absolute Gasteiger partial charge is 0.216 e. The highest BCUT2D eigenvalue weighted by Crippen LogP contribution is 2.38. The molecule has 0 bridgehead atoms. The minimum atomic E-state index is -4.11. The van der Waals surface area contributed by atoms with Crippen molar-refractivity contribution in [2.45, 2.75) is 19.0 Å². The Labute approximate surface area is 91.8 Å². The van der Waals surface area contributed by atoms with E-state index in [1.807, 2.05) is 0 Å². The molecule has 88 valence electrons. The molecule has 0 amide bonds. The van der Waals surface area contributed by atoms with Crippen LogP contribution in [-0.4, -0.2) is 19.1 Å². The van der Waals surface area contributed by atoms with Gasteiger partial charge < -0.3 is 0 Å². The zero-order valence-electron chi connectivity index (χ0n) is 8.18. The lowest BCUT2D eigenvalue weighted by molar-refractivity contribution is 0.0685. The quantitative estimate of drug-likeness (QED) is 0.849. The summed E-state index contributed by atoms with van der Waals surface area (Å²) in [5.41, 5.74) is 0.897. The average molecular weight is 248 g/mol. The van der Waals surface area contributed by atoms with Crippen LogP contribution in [0, 0.1) is 0 Å². The van der Waals surface area contributed by atoms with Crippen molar-refractivity contribution in [3.63, 3.8) is 0 Å². The highest BCUT2D eigenvalue weighted by Gasteiger charge is 2.41. The van der Waals surface area contributed by atoms with E-state index in [4.69, 9.17) is 5.14 Å². The fraction of sp³-hybridized carbons (Fsp3) is 0.333. The Bertz CT molecular complexity index is 504. The molecule has 1 aromatic carbocycles. The number of fused-ring (bicyclic) bond motifs is 1. The molecule has 1 aliphatic rings. The van der Waals surface area contributed by atoms with Crippen LogP contribution in [0.3, 0.4) is 0 Å². The van der Waals surface area contributed by atoms with Gasteiger partial charge in [-0.15, -0.1) is 0 Å². The Kier molecular flexibility index (Phi) is 2.69. The Morgan fingerprint density at radius 2 is 2.00 bits per heavy atom. The average Bonchev–Trinajstić information content (AvgIpc) is 2.55. The minimum Gasteiger partial charge on any atom is -0.216 e. The third-order valence-corrected chi connectivity index (χ3v) is 3.59. The van der Waals surface area contributed by atoms with Crippen molar-refractivity contribution in [3.05, 3.63) is 35.4 Å². The maximum absolute atomic E-state index is 12.8. The molecule has 16 heavy (non-hydrogen) atoms. The molecule has 4 nitrogen and oxygen atoms in total. The summed E-state index contributed by atoms with van der Waals surface area (Å²) in [6, 6.07) is 4.92. The molecule has 1 aliphatic heterocycles. The largest absolute Gasteiger partial charge is 0.277 e. The van der Waals surface area contributed by atoms with Gasteiger partial charge in [0.1, 0.15) is 6.04 Å². The van der Waals surface area contributed by atoms with Crippen LogP contribution in [-0.2, 0) is 16.8 Å². The summed E-state index contributed by atoms with van der Waals surface area (Å²) in [7, 11) is -4.11. The molecular weight excluding hydrogens is 238 g/mol. The Morgan fingerprint density at radius 3 is 2.56 bits per heavy atom. The Balaban J connectivity index is 2.50. The van der Waals surface area contributed by atoms with Crippen LogP contribution in [0.5, 0.6) is 0 Å². The highest BCUT2D eigenvalue weighted by atomic mass is 32.2. The van der Waals surface area contributed by atoms with Crippen molar-refractivity contribution in [1.82, 2.24) is 4.31 Å². The first-order valence-electron chi connectivity index (χ1n) is 4.57. The molecule has 0 aliphatic carbocycles.